The lowest BCUT2D eigenvalue weighted by Gasteiger charge is -2.09. The fourth-order valence-electron chi connectivity index (χ4n) is 3.91. The fraction of sp³-hybridized carbons (Fsp3) is 0.0385. The molecule has 6 rings (SSSR count). The molecule has 6 heteroatoms. The topological polar surface area (TPSA) is 77.9 Å². The van der Waals surface area contributed by atoms with Crippen LogP contribution in [0.2, 0.25) is 0 Å². The molecule has 0 radical (unpaired) electrons. The Labute approximate surface area is 182 Å². The smallest absolute Gasteiger partial charge is 0.343 e. The van der Waals surface area contributed by atoms with Crippen LogP contribution in [-0.2, 0) is 0 Å². The minimum absolute atomic E-state index is 0.405. The Kier molecular flexibility index (Phi) is 4.04. The number of aryl methyl sites for hydroxylation is 1. The molecular weight excluding hydrogens is 400 g/mol. The van der Waals surface area contributed by atoms with Gasteiger partial charge >= 0.3 is 5.97 Å². The van der Waals surface area contributed by atoms with Crippen molar-refractivity contribution in [1.29, 1.82) is 0 Å². The average molecular weight is 416 g/mol. The first kappa shape index (κ1) is 18.3. The van der Waals surface area contributed by atoms with Crippen LogP contribution in [0.5, 0.6) is 5.75 Å². The molecule has 3 aromatic heterocycles. The van der Waals surface area contributed by atoms with Crippen molar-refractivity contribution < 1.29 is 9.53 Å². The molecule has 0 bridgehead atoms. The SMILES string of the molecule is Cc1ccc(OC(=O)c2ccc3nc4c5ncccc5c5cccnc5c4nc3c2)cc1. The molecule has 0 spiro atoms. The molecule has 0 aliphatic carbocycles. The molecule has 152 valence electrons. The molecule has 0 saturated heterocycles. The second kappa shape index (κ2) is 7.06. The zero-order valence-corrected chi connectivity index (χ0v) is 17.1. The summed E-state index contributed by atoms with van der Waals surface area (Å²) in [4.78, 5) is 31.5. The summed E-state index contributed by atoms with van der Waals surface area (Å²) >= 11 is 0. The third-order valence-electron chi connectivity index (χ3n) is 5.49. The first-order chi connectivity index (χ1) is 15.7. The van der Waals surface area contributed by atoms with E-state index >= 15 is 0 Å². The van der Waals surface area contributed by atoms with E-state index in [0.29, 0.717) is 33.4 Å². The summed E-state index contributed by atoms with van der Waals surface area (Å²) in [5, 5.41) is 1.95. The van der Waals surface area contributed by atoms with Gasteiger partial charge in [0.1, 0.15) is 16.8 Å². The standard InChI is InChI=1S/C26H16N4O2/c1-15-6-9-17(10-7-15)32-26(31)16-8-11-20-21(14-16)30-25-23-19(5-3-13-28-23)18-4-2-12-27-22(18)24(25)29-20/h2-14H,1H3. The van der Waals surface area contributed by atoms with Gasteiger partial charge in [-0.15, -0.1) is 0 Å². The summed E-state index contributed by atoms with van der Waals surface area (Å²) in [5.74, 6) is 0.0545. The maximum Gasteiger partial charge on any atom is 0.343 e. The quantitative estimate of drug-likeness (QED) is 0.163. The Morgan fingerprint density at radius 2 is 1.34 bits per heavy atom. The van der Waals surface area contributed by atoms with Gasteiger partial charge in [0.05, 0.1) is 27.6 Å². The lowest BCUT2D eigenvalue weighted by molar-refractivity contribution is 0.0735. The zero-order chi connectivity index (χ0) is 21.7. The molecule has 0 aliphatic rings. The summed E-state index contributed by atoms with van der Waals surface area (Å²) in [6.45, 7) is 1.98. The van der Waals surface area contributed by atoms with E-state index in [1.165, 1.54) is 0 Å². The lowest BCUT2D eigenvalue weighted by atomic mass is 10.1. The van der Waals surface area contributed by atoms with Crippen LogP contribution in [0.15, 0.2) is 79.1 Å². The van der Waals surface area contributed by atoms with E-state index in [0.717, 1.165) is 27.4 Å². The van der Waals surface area contributed by atoms with Crippen molar-refractivity contribution in [1.82, 2.24) is 19.9 Å². The largest absolute Gasteiger partial charge is 0.423 e. The number of esters is 1. The number of ether oxygens (including phenoxy) is 1. The molecule has 0 N–H and O–H groups in total. The van der Waals surface area contributed by atoms with Crippen LogP contribution in [0.25, 0.3) is 43.9 Å². The number of carbonyl (C=O) groups excluding carboxylic acids is 1. The monoisotopic (exact) mass is 416 g/mol. The van der Waals surface area contributed by atoms with Crippen LogP contribution in [0.3, 0.4) is 0 Å². The molecule has 6 nitrogen and oxygen atoms in total. The van der Waals surface area contributed by atoms with Crippen LogP contribution in [0.1, 0.15) is 15.9 Å². The van der Waals surface area contributed by atoms with E-state index in [-0.39, 0.29) is 0 Å². The molecule has 6 aromatic rings. The first-order valence-corrected chi connectivity index (χ1v) is 10.2. The Bertz CT molecular complexity index is 1680. The number of hydrogen-bond acceptors (Lipinski definition) is 6. The predicted molar refractivity (Wildman–Crippen MR) is 124 cm³/mol. The molecule has 0 aliphatic heterocycles. The number of nitrogens with zero attached hydrogens (tertiary/aromatic N) is 4. The van der Waals surface area contributed by atoms with E-state index in [1.807, 2.05) is 43.3 Å². The van der Waals surface area contributed by atoms with Gasteiger partial charge in [0, 0.05) is 23.2 Å². The highest BCUT2D eigenvalue weighted by Gasteiger charge is 2.15. The van der Waals surface area contributed by atoms with Gasteiger partial charge in [-0.2, -0.15) is 0 Å². The molecule has 0 saturated carbocycles. The summed E-state index contributed by atoms with van der Waals surface area (Å²) in [6, 6.07) is 20.4. The second-order valence-electron chi connectivity index (χ2n) is 7.63. The predicted octanol–water partition coefficient (Wildman–Crippen LogP) is 5.41. The Morgan fingerprint density at radius 1 is 0.719 bits per heavy atom. The minimum atomic E-state index is -0.444. The van der Waals surface area contributed by atoms with Crippen molar-refractivity contribution in [3.63, 3.8) is 0 Å². The maximum absolute atomic E-state index is 12.7. The highest BCUT2D eigenvalue weighted by atomic mass is 16.5. The molecule has 32 heavy (non-hydrogen) atoms. The van der Waals surface area contributed by atoms with E-state index in [4.69, 9.17) is 14.7 Å². The van der Waals surface area contributed by atoms with Crippen molar-refractivity contribution >= 4 is 49.8 Å². The number of pyridine rings is 2. The Hall–Kier alpha value is -4.45. The van der Waals surface area contributed by atoms with E-state index in [2.05, 4.69) is 9.97 Å². The Morgan fingerprint density at radius 3 is 2.00 bits per heavy atom. The third-order valence-corrected chi connectivity index (χ3v) is 5.49. The van der Waals surface area contributed by atoms with Gasteiger partial charge in [0.25, 0.3) is 0 Å². The van der Waals surface area contributed by atoms with Crippen LogP contribution < -0.4 is 4.74 Å². The van der Waals surface area contributed by atoms with Gasteiger partial charge in [-0.05, 0) is 49.4 Å². The molecule has 0 atom stereocenters. The van der Waals surface area contributed by atoms with Crippen molar-refractivity contribution in [2.45, 2.75) is 6.92 Å². The van der Waals surface area contributed by atoms with Gasteiger partial charge in [-0.1, -0.05) is 29.8 Å². The van der Waals surface area contributed by atoms with Gasteiger partial charge < -0.3 is 4.74 Å². The van der Waals surface area contributed by atoms with Gasteiger partial charge in [0.2, 0.25) is 0 Å². The maximum atomic E-state index is 12.7. The number of rotatable bonds is 2. The lowest BCUT2D eigenvalue weighted by Crippen LogP contribution is -2.08. The highest BCUT2D eigenvalue weighted by Crippen LogP contribution is 2.31. The van der Waals surface area contributed by atoms with E-state index in [9.17, 15) is 4.79 Å². The first-order valence-electron chi connectivity index (χ1n) is 10.2. The molecule has 0 fully saturated rings. The van der Waals surface area contributed by atoms with Crippen LogP contribution in [0, 0.1) is 6.92 Å². The van der Waals surface area contributed by atoms with Crippen molar-refractivity contribution in [3.8, 4) is 5.75 Å². The number of fused-ring (bicyclic) bond motifs is 7. The fourth-order valence-corrected chi connectivity index (χ4v) is 3.91. The van der Waals surface area contributed by atoms with Crippen LogP contribution >= 0.6 is 0 Å². The number of benzene rings is 3. The van der Waals surface area contributed by atoms with Crippen LogP contribution in [0.4, 0.5) is 0 Å². The molecule has 0 unspecified atom stereocenters. The number of carbonyl (C=O) groups is 1. The molecule has 0 amide bonds. The summed E-state index contributed by atoms with van der Waals surface area (Å²) in [5.41, 5.74) is 5.65. The normalized spacial score (nSPS) is 11.4. The highest BCUT2D eigenvalue weighted by molar-refractivity contribution is 6.21. The minimum Gasteiger partial charge on any atom is -0.423 e. The van der Waals surface area contributed by atoms with Crippen molar-refractivity contribution in [2.75, 3.05) is 0 Å². The summed E-state index contributed by atoms with van der Waals surface area (Å²) < 4.78 is 5.51. The molecule has 3 aromatic carbocycles. The second-order valence-corrected chi connectivity index (χ2v) is 7.63. The van der Waals surface area contributed by atoms with E-state index < -0.39 is 5.97 Å². The Balaban J connectivity index is 1.53. The van der Waals surface area contributed by atoms with Gasteiger partial charge in [-0.25, -0.2) is 14.8 Å². The average Bonchev–Trinajstić information content (AvgIpc) is 2.84. The summed E-state index contributed by atoms with van der Waals surface area (Å²) in [7, 11) is 0. The molecular formula is C26H16N4O2. The zero-order valence-electron chi connectivity index (χ0n) is 17.1. The van der Waals surface area contributed by atoms with Crippen LogP contribution in [-0.4, -0.2) is 25.9 Å². The van der Waals surface area contributed by atoms with Crippen molar-refractivity contribution in [3.05, 3.63) is 90.3 Å². The number of hydrogen-bond donors (Lipinski definition) is 0. The van der Waals surface area contributed by atoms with E-state index in [1.54, 1.807) is 42.7 Å². The van der Waals surface area contributed by atoms with Crippen molar-refractivity contribution in [2.24, 2.45) is 0 Å². The third kappa shape index (κ3) is 2.93. The summed E-state index contributed by atoms with van der Waals surface area (Å²) in [6.07, 6.45) is 3.49. The van der Waals surface area contributed by atoms with Gasteiger partial charge in [0.15, 0.2) is 0 Å². The number of aromatic nitrogens is 4. The van der Waals surface area contributed by atoms with Gasteiger partial charge in [-0.3, -0.25) is 9.97 Å². The molecule has 3 heterocycles.